The van der Waals surface area contributed by atoms with Crippen LogP contribution in [0.2, 0.25) is 0 Å². The number of imidazole rings is 1. The van der Waals surface area contributed by atoms with Gasteiger partial charge in [-0.05, 0) is 67.4 Å². The van der Waals surface area contributed by atoms with E-state index >= 15 is 0 Å². The Balaban J connectivity index is 1.68. The SMILES string of the molecule is C=Nc1cc(-c2ccc3ncc(C(=C)N4CCC(F)CC4)n3c2)ccc1CCN. The molecule has 1 aliphatic heterocycles. The van der Waals surface area contributed by atoms with Gasteiger partial charge in [0.1, 0.15) is 11.8 Å². The number of aromatic nitrogens is 2. The molecule has 3 aromatic rings. The molecule has 4 rings (SSSR count). The topological polar surface area (TPSA) is 58.9 Å². The first-order chi connectivity index (χ1) is 14.1. The van der Waals surface area contributed by atoms with Crippen LogP contribution in [0.5, 0.6) is 0 Å². The second kappa shape index (κ2) is 8.17. The largest absolute Gasteiger partial charge is 0.370 e. The number of nitrogens with two attached hydrogens (primary N) is 1. The van der Waals surface area contributed by atoms with Gasteiger partial charge in [-0.2, -0.15) is 0 Å². The van der Waals surface area contributed by atoms with Gasteiger partial charge in [0, 0.05) is 19.3 Å². The second-order valence-corrected chi connectivity index (χ2v) is 7.44. The van der Waals surface area contributed by atoms with Gasteiger partial charge in [0.15, 0.2) is 0 Å². The van der Waals surface area contributed by atoms with E-state index in [1.807, 2.05) is 28.8 Å². The van der Waals surface area contributed by atoms with Crippen LogP contribution in [0, 0.1) is 0 Å². The molecule has 0 unspecified atom stereocenters. The maximum Gasteiger partial charge on any atom is 0.137 e. The summed E-state index contributed by atoms with van der Waals surface area (Å²) in [7, 11) is 0. The Morgan fingerprint density at radius 1 is 1.21 bits per heavy atom. The Bertz CT molecular complexity index is 1050. The van der Waals surface area contributed by atoms with Gasteiger partial charge in [-0.25, -0.2) is 9.37 Å². The molecule has 1 aromatic carbocycles. The van der Waals surface area contributed by atoms with Crippen LogP contribution in [0.4, 0.5) is 10.1 Å². The van der Waals surface area contributed by atoms with Crippen molar-refractivity contribution in [2.24, 2.45) is 10.7 Å². The first kappa shape index (κ1) is 19.3. The summed E-state index contributed by atoms with van der Waals surface area (Å²) < 4.78 is 15.6. The Morgan fingerprint density at radius 2 is 1.97 bits per heavy atom. The van der Waals surface area contributed by atoms with Gasteiger partial charge in [-0.1, -0.05) is 18.7 Å². The molecule has 2 N–H and O–H groups in total. The summed E-state index contributed by atoms with van der Waals surface area (Å²) in [6.45, 7) is 9.91. The van der Waals surface area contributed by atoms with E-state index in [0.29, 0.717) is 32.5 Å². The molecule has 1 fully saturated rings. The van der Waals surface area contributed by atoms with Crippen LogP contribution < -0.4 is 5.73 Å². The zero-order chi connectivity index (χ0) is 20.4. The maximum absolute atomic E-state index is 13.5. The summed E-state index contributed by atoms with van der Waals surface area (Å²) in [6, 6.07) is 10.2. The predicted molar refractivity (Wildman–Crippen MR) is 117 cm³/mol. The molecule has 29 heavy (non-hydrogen) atoms. The number of fused-ring (bicyclic) bond motifs is 1. The second-order valence-electron chi connectivity index (χ2n) is 7.44. The van der Waals surface area contributed by atoms with Crippen molar-refractivity contribution in [2.75, 3.05) is 19.6 Å². The van der Waals surface area contributed by atoms with E-state index in [1.54, 1.807) is 0 Å². The van der Waals surface area contributed by atoms with Crippen LogP contribution in [-0.2, 0) is 6.42 Å². The van der Waals surface area contributed by atoms with Crippen LogP contribution in [0.1, 0.15) is 24.1 Å². The smallest absolute Gasteiger partial charge is 0.137 e. The molecule has 0 atom stereocenters. The lowest BCUT2D eigenvalue weighted by Gasteiger charge is -2.31. The summed E-state index contributed by atoms with van der Waals surface area (Å²) in [5.41, 5.74) is 12.4. The van der Waals surface area contributed by atoms with Crippen molar-refractivity contribution in [3.63, 3.8) is 0 Å². The fourth-order valence-electron chi connectivity index (χ4n) is 3.90. The Labute approximate surface area is 170 Å². The molecule has 0 spiro atoms. The Morgan fingerprint density at radius 3 is 2.69 bits per heavy atom. The minimum Gasteiger partial charge on any atom is -0.370 e. The highest BCUT2D eigenvalue weighted by Crippen LogP contribution is 2.30. The van der Waals surface area contributed by atoms with Gasteiger partial charge in [0.25, 0.3) is 0 Å². The third kappa shape index (κ3) is 3.80. The summed E-state index contributed by atoms with van der Waals surface area (Å²) in [6.07, 6.45) is 5.07. The quantitative estimate of drug-likeness (QED) is 0.640. The molecule has 6 heteroatoms. The van der Waals surface area contributed by atoms with Gasteiger partial charge in [-0.15, -0.1) is 0 Å². The first-order valence-electron chi connectivity index (χ1n) is 9.96. The molecule has 0 bridgehead atoms. The number of pyridine rings is 1. The molecule has 2 aromatic heterocycles. The standard InChI is InChI=1S/C23H26FN5/c1-16(28-11-8-20(24)9-12-28)22-14-27-23-6-5-19(15-29(22)23)18-4-3-17(7-10-25)21(13-18)26-2/h3-6,13-15,20H,1-2,7-12,25H2. The lowest BCUT2D eigenvalue weighted by Crippen LogP contribution is -2.33. The van der Waals surface area contributed by atoms with E-state index in [9.17, 15) is 4.39 Å². The average Bonchev–Trinajstić information content (AvgIpc) is 3.17. The molecule has 5 nitrogen and oxygen atoms in total. The van der Waals surface area contributed by atoms with Crippen LogP contribution in [0.15, 0.2) is 54.3 Å². The van der Waals surface area contributed by atoms with E-state index in [-0.39, 0.29) is 0 Å². The molecule has 0 aliphatic carbocycles. The van der Waals surface area contributed by atoms with Crippen LogP contribution in [-0.4, -0.2) is 46.8 Å². The van der Waals surface area contributed by atoms with Gasteiger partial charge in [0.05, 0.1) is 23.3 Å². The number of piperidine rings is 1. The number of benzene rings is 1. The van der Waals surface area contributed by atoms with Crippen molar-refractivity contribution in [1.82, 2.24) is 14.3 Å². The number of halogens is 1. The molecule has 0 radical (unpaired) electrons. The number of hydrogen-bond acceptors (Lipinski definition) is 4. The van der Waals surface area contributed by atoms with E-state index in [2.05, 4.69) is 46.5 Å². The molecular formula is C23H26FN5. The lowest BCUT2D eigenvalue weighted by molar-refractivity contribution is 0.197. The van der Waals surface area contributed by atoms with E-state index < -0.39 is 6.17 Å². The Hall–Kier alpha value is -2.99. The number of nitrogens with zero attached hydrogens (tertiary/aromatic N) is 4. The minimum absolute atomic E-state index is 0.549. The summed E-state index contributed by atoms with van der Waals surface area (Å²) in [4.78, 5) is 10.8. The summed E-state index contributed by atoms with van der Waals surface area (Å²) in [5, 5.41) is 0. The molecule has 0 saturated carbocycles. The summed E-state index contributed by atoms with van der Waals surface area (Å²) >= 11 is 0. The van der Waals surface area contributed by atoms with Crippen molar-refractivity contribution in [3.05, 3.63) is 60.6 Å². The number of rotatable bonds is 6. The highest BCUT2D eigenvalue weighted by Gasteiger charge is 2.21. The molecule has 1 saturated heterocycles. The monoisotopic (exact) mass is 391 g/mol. The van der Waals surface area contributed by atoms with Gasteiger partial charge in [0.2, 0.25) is 0 Å². The van der Waals surface area contributed by atoms with Crippen molar-refractivity contribution in [3.8, 4) is 11.1 Å². The predicted octanol–water partition coefficient (Wildman–Crippen LogP) is 4.24. The number of likely N-dealkylation sites (tertiary alicyclic amines) is 1. The van der Waals surface area contributed by atoms with Crippen LogP contribution in [0.3, 0.4) is 0 Å². The molecule has 150 valence electrons. The fourth-order valence-corrected chi connectivity index (χ4v) is 3.90. The fraction of sp³-hybridized carbons (Fsp3) is 0.304. The lowest BCUT2D eigenvalue weighted by atomic mass is 10.0. The minimum atomic E-state index is -0.706. The average molecular weight is 391 g/mol. The van der Waals surface area contributed by atoms with Gasteiger partial charge >= 0.3 is 0 Å². The van der Waals surface area contributed by atoms with E-state index in [1.165, 1.54) is 0 Å². The summed E-state index contributed by atoms with van der Waals surface area (Å²) in [5.74, 6) is 0. The number of aliphatic imine (C=N–C) groups is 1. The molecule has 0 amide bonds. The molecular weight excluding hydrogens is 365 g/mol. The third-order valence-electron chi connectivity index (χ3n) is 5.61. The first-order valence-corrected chi connectivity index (χ1v) is 9.96. The third-order valence-corrected chi connectivity index (χ3v) is 5.61. The number of alkyl halides is 1. The highest BCUT2D eigenvalue weighted by molar-refractivity contribution is 5.72. The van der Waals surface area contributed by atoms with Crippen molar-refractivity contribution in [2.45, 2.75) is 25.4 Å². The maximum atomic E-state index is 13.5. The zero-order valence-corrected chi connectivity index (χ0v) is 16.5. The van der Waals surface area contributed by atoms with Gasteiger partial charge < -0.3 is 10.6 Å². The number of hydrogen-bond donors (Lipinski definition) is 1. The van der Waals surface area contributed by atoms with E-state index in [4.69, 9.17) is 5.73 Å². The van der Waals surface area contributed by atoms with Crippen LogP contribution >= 0.6 is 0 Å². The van der Waals surface area contributed by atoms with Crippen LogP contribution in [0.25, 0.3) is 22.5 Å². The van der Waals surface area contributed by atoms with Crippen molar-refractivity contribution in [1.29, 1.82) is 0 Å². The normalized spacial score (nSPS) is 15.0. The van der Waals surface area contributed by atoms with E-state index in [0.717, 1.165) is 45.8 Å². The molecule has 1 aliphatic rings. The Kier molecular flexibility index (Phi) is 5.45. The van der Waals surface area contributed by atoms with Crippen molar-refractivity contribution >= 4 is 23.7 Å². The van der Waals surface area contributed by atoms with Crippen molar-refractivity contribution < 1.29 is 4.39 Å². The molecule has 3 heterocycles. The highest BCUT2D eigenvalue weighted by atomic mass is 19.1. The van der Waals surface area contributed by atoms with Gasteiger partial charge in [-0.3, -0.25) is 9.39 Å². The zero-order valence-electron chi connectivity index (χ0n) is 16.5.